The normalized spacial score (nSPS) is 13.9. The summed E-state index contributed by atoms with van der Waals surface area (Å²) in [6.45, 7) is 0. The molecule has 6 heteroatoms. The van der Waals surface area contributed by atoms with Crippen LogP contribution in [0.15, 0.2) is 54.7 Å². The molecule has 0 saturated heterocycles. The Hall–Kier alpha value is -3.46. The number of hydrogen-bond acceptors (Lipinski definition) is 6. The smallest absolute Gasteiger partial charge is 0.225 e. The minimum atomic E-state index is 0.416. The summed E-state index contributed by atoms with van der Waals surface area (Å²) in [5.41, 5.74) is 2.96. The Morgan fingerprint density at radius 2 is 1.85 bits per heavy atom. The van der Waals surface area contributed by atoms with Crippen molar-refractivity contribution in [2.75, 3.05) is 10.6 Å². The first-order chi connectivity index (χ1) is 13.3. The maximum absolute atomic E-state index is 9.10. The third-order valence-corrected chi connectivity index (χ3v) is 4.61. The first kappa shape index (κ1) is 17.0. The van der Waals surface area contributed by atoms with Gasteiger partial charge < -0.3 is 10.6 Å². The lowest BCUT2D eigenvalue weighted by molar-refractivity contribution is 0.744. The van der Waals surface area contributed by atoms with Crippen molar-refractivity contribution < 1.29 is 0 Å². The van der Waals surface area contributed by atoms with Gasteiger partial charge in [0.25, 0.3) is 0 Å². The van der Waals surface area contributed by atoms with Crippen LogP contribution in [0.2, 0.25) is 0 Å². The number of pyridine rings is 1. The third-order valence-electron chi connectivity index (χ3n) is 4.61. The van der Waals surface area contributed by atoms with Crippen LogP contribution in [0.4, 0.5) is 17.5 Å². The first-order valence-corrected chi connectivity index (χ1v) is 9.14. The number of anilines is 3. The average molecular weight is 356 g/mol. The molecule has 1 aromatic carbocycles. The van der Waals surface area contributed by atoms with E-state index in [9.17, 15) is 0 Å². The molecule has 1 aliphatic carbocycles. The Kier molecular flexibility index (Phi) is 4.93. The van der Waals surface area contributed by atoms with Crippen molar-refractivity contribution in [3.05, 3.63) is 60.3 Å². The lowest BCUT2D eigenvalue weighted by Gasteiger charge is -2.15. The van der Waals surface area contributed by atoms with Gasteiger partial charge in [0.2, 0.25) is 5.95 Å². The monoisotopic (exact) mass is 356 g/mol. The lowest BCUT2D eigenvalue weighted by atomic mass is 10.2. The number of hydrogen-bond donors (Lipinski definition) is 2. The van der Waals surface area contributed by atoms with Crippen LogP contribution in [0.1, 0.15) is 31.2 Å². The van der Waals surface area contributed by atoms with E-state index >= 15 is 0 Å². The number of nitrogens with one attached hydrogen (secondary N) is 2. The Morgan fingerprint density at radius 1 is 0.963 bits per heavy atom. The van der Waals surface area contributed by atoms with Crippen molar-refractivity contribution in [2.45, 2.75) is 31.7 Å². The van der Waals surface area contributed by atoms with Crippen molar-refractivity contribution in [1.82, 2.24) is 15.0 Å². The van der Waals surface area contributed by atoms with E-state index in [1.807, 2.05) is 36.4 Å². The highest BCUT2D eigenvalue weighted by atomic mass is 15.2. The molecule has 3 aromatic rings. The zero-order valence-corrected chi connectivity index (χ0v) is 14.9. The van der Waals surface area contributed by atoms with Crippen LogP contribution in [-0.4, -0.2) is 21.0 Å². The van der Waals surface area contributed by atoms with Crippen LogP contribution in [-0.2, 0) is 0 Å². The van der Waals surface area contributed by atoms with Crippen LogP contribution in [0.3, 0.4) is 0 Å². The quantitative estimate of drug-likeness (QED) is 0.699. The highest BCUT2D eigenvalue weighted by Crippen LogP contribution is 2.25. The van der Waals surface area contributed by atoms with Crippen LogP contribution < -0.4 is 10.6 Å². The molecule has 0 amide bonds. The highest BCUT2D eigenvalue weighted by molar-refractivity contribution is 5.66. The lowest BCUT2D eigenvalue weighted by Crippen LogP contribution is -2.17. The predicted molar refractivity (Wildman–Crippen MR) is 106 cm³/mol. The molecule has 2 heterocycles. The summed E-state index contributed by atoms with van der Waals surface area (Å²) in [5, 5.41) is 15.8. The van der Waals surface area contributed by atoms with Gasteiger partial charge in [-0.05, 0) is 43.2 Å². The van der Waals surface area contributed by atoms with Gasteiger partial charge in [-0.2, -0.15) is 10.2 Å². The summed E-state index contributed by atoms with van der Waals surface area (Å²) in [4.78, 5) is 13.7. The van der Waals surface area contributed by atoms with Gasteiger partial charge in [0.15, 0.2) is 0 Å². The van der Waals surface area contributed by atoms with Gasteiger partial charge >= 0.3 is 0 Å². The molecule has 0 bridgehead atoms. The van der Waals surface area contributed by atoms with Crippen molar-refractivity contribution in [3.63, 3.8) is 0 Å². The van der Waals surface area contributed by atoms with Crippen molar-refractivity contribution in [1.29, 1.82) is 5.26 Å². The zero-order chi connectivity index (χ0) is 18.5. The predicted octanol–water partition coefficient (Wildman–Crippen LogP) is 4.51. The van der Waals surface area contributed by atoms with Gasteiger partial charge in [-0.15, -0.1) is 0 Å². The number of aromatic nitrogens is 3. The molecule has 0 atom stereocenters. The van der Waals surface area contributed by atoms with E-state index in [1.165, 1.54) is 12.8 Å². The molecule has 1 aliphatic rings. The van der Waals surface area contributed by atoms with E-state index in [0.717, 1.165) is 29.9 Å². The molecule has 1 saturated carbocycles. The standard InChI is InChI=1S/C21H20N6/c22-14-15-6-5-9-17(12-15)24-20-13-19(18-10-3-4-11-23-18)26-21(27-20)25-16-7-1-2-8-16/h3-6,9-13,16H,1-2,7-8H2,(H2,24,25,26,27). The molecule has 2 N–H and O–H groups in total. The molecule has 6 nitrogen and oxygen atoms in total. The van der Waals surface area contributed by atoms with Crippen molar-refractivity contribution in [3.8, 4) is 17.5 Å². The Morgan fingerprint density at radius 3 is 2.63 bits per heavy atom. The molecule has 2 aromatic heterocycles. The van der Waals surface area contributed by atoms with Crippen LogP contribution in [0.25, 0.3) is 11.4 Å². The van der Waals surface area contributed by atoms with Gasteiger partial charge in [0.05, 0.1) is 23.0 Å². The summed E-state index contributed by atoms with van der Waals surface area (Å²) in [6, 6.07) is 17.5. The van der Waals surface area contributed by atoms with Gasteiger partial charge in [0.1, 0.15) is 5.82 Å². The second-order valence-electron chi connectivity index (χ2n) is 6.62. The van der Waals surface area contributed by atoms with Gasteiger partial charge in [-0.1, -0.05) is 25.0 Å². The molecule has 1 fully saturated rings. The molecule has 4 rings (SSSR count). The molecule has 0 aliphatic heterocycles. The number of nitriles is 1. The summed E-state index contributed by atoms with van der Waals surface area (Å²) >= 11 is 0. The van der Waals surface area contributed by atoms with Crippen molar-refractivity contribution >= 4 is 17.5 Å². The van der Waals surface area contributed by atoms with E-state index in [-0.39, 0.29) is 0 Å². The molecule has 0 spiro atoms. The Labute approximate surface area is 158 Å². The second-order valence-corrected chi connectivity index (χ2v) is 6.62. The van der Waals surface area contributed by atoms with E-state index in [0.29, 0.717) is 23.4 Å². The minimum Gasteiger partial charge on any atom is -0.351 e. The molecular weight excluding hydrogens is 336 g/mol. The molecule has 134 valence electrons. The number of rotatable bonds is 5. The minimum absolute atomic E-state index is 0.416. The van der Waals surface area contributed by atoms with E-state index in [1.54, 1.807) is 18.3 Å². The summed E-state index contributed by atoms with van der Waals surface area (Å²) in [7, 11) is 0. The fourth-order valence-corrected chi connectivity index (χ4v) is 3.29. The Bertz CT molecular complexity index is 958. The Balaban J connectivity index is 1.67. The van der Waals surface area contributed by atoms with Crippen LogP contribution in [0, 0.1) is 11.3 Å². The fraction of sp³-hybridized carbons (Fsp3) is 0.238. The SMILES string of the molecule is N#Cc1cccc(Nc2cc(-c3ccccn3)nc(NC3CCCC3)n2)c1. The molecule has 27 heavy (non-hydrogen) atoms. The van der Waals surface area contributed by atoms with E-state index in [4.69, 9.17) is 5.26 Å². The van der Waals surface area contributed by atoms with Crippen LogP contribution >= 0.6 is 0 Å². The topological polar surface area (TPSA) is 86.5 Å². The van der Waals surface area contributed by atoms with Gasteiger partial charge in [0, 0.05) is 24.0 Å². The maximum atomic E-state index is 9.10. The number of nitrogens with zero attached hydrogens (tertiary/aromatic N) is 4. The van der Waals surface area contributed by atoms with Gasteiger partial charge in [-0.25, -0.2) is 4.98 Å². The molecular formula is C21H20N6. The third kappa shape index (κ3) is 4.21. The average Bonchev–Trinajstić information content (AvgIpc) is 3.21. The zero-order valence-electron chi connectivity index (χ0n) is 14.9. The number of benzene rings is 1. The second kappa shape index (κ2) is 7.83. The fourth-order valence-electron chi connectivity index (χ4n) is 3.29. The van der Waals surface area contributed by atoms with Gasteiger partial charge in [-0.3, -0.25) is 4.98 Å². The largest absolute Gasteiger partial charge is 0.351 e. The molecule has 0 unspecified atom stereocenters. The summed E-state index contributed by atoms with van der Waals surface area (Å²) in [5.74, 6) is 1.27. The molecule has 0 radical (unpaired) electrons. The highest BCUT2D eigenvalue weighted by Gasteiger charge is 2.17. The summed E-state index contributed by atoms with van der Waals surface area (Å²) in [6.07, 6.45) is 6.52. The van der Waals surface area contributed by atoms with Crippen LogP contribution in [0.5, 0.6) is 0 Å². The summed E-state index contributed by atoms with van der Waals surface area (Å²) < 4.78 is 0. The maximum Gasteiger partial charge on any atom is 0.225 e. The van der Waals surface area contributed by atoms with E-state index < -0.39 is 0 Å². The first-order valence-electron chi connectivity index (χ1n) is 9.14. The van der Waals surface area contributed by atoms with E-state index in [2.05, 4.69) is 31.7 Å². The van der Waals surface area contributed by atoms with Crippen molar-refractivity contribution in [2.24, 2.45) is 0 Å².